The number of phenols is 1. The molecule has 0 aliphatic carbocycles. The van der Waals surface area contributed by atoms with E-state index in [1.54, 1.807) is 25.3 Å². The minimum Gasteiger partial charge on any atom is -0.507 e. The summed E-state index contributed by atoms with van der Waals surface area (Å²) in [6, 6.07) is 15.0. The summed E-state index contributed by atoms with van der Waals surface area (Å²) in [5, 5.41) is 12.9. The van der Waals surface area contributed by atoms with Crippen LogP contribution in [-0.4, -0.2) is 23.7 Å². The molecule has 104 valence electrons. The van der Waals surface area contributed by atoms with Crippen molar-refractivity contribution in [1.82, 2.24) is 5.32 Å². The van der Waals surface area contributed by atoms with Crippen LogP contribution in [0.4, 0.5) is 0 Å². The molecular formula is C16H17NO2S. The molecule has 0 heterocycles. The zero-order valence-electron chi connectivity index (χ0n) is 11.3. The van der Waals surface area contributed by atoms with Gasteiger partial charge in [0.2, 0.25) is 0 Å². The van der Waals surface area contributed by atoms with Gasteiger partial charge in [-0.1, -0.05) is 36.5 Å². The standard InChI is InChI=1S/C16H17NO2S/c1-19-13-8-6-12(7-9-13)10-11-17-16(20)14-4-2-3-5-15(14)18/h2-9,18H,10-11H2,1H3,(H,17,20). The summed E-state index contributed by atoms with van der Waals surface area (Å²) in [6.07, 6.45) is 0.859. The lowest BCUT2D eigenvalue weighted by molar-refractivity contribution is 0.414. The lowest BCUT2D eigenvalue weighted by Gasteiger charge is -2.09. The fraction of sp³-hybridized carbons (Fsp3) is 0.188. The quantitative estimate of drug-likeness (QED) is 0.830. The molecule has 2 aromatic rings. The maximum absolute atomic E-state index is 9.71. The van der Waals surface area contributed by atoms with Crippen LogP contribution in [0.15, 0.2) is 48.5 Å². The van der Waals surface area contributed by atoms with Crippen LogP contribution < -0.4 is 10.1 Å². The van der Waals surface area contributed by atoms with Crippen molar-refractivity contribution in [3.63, 3.8) is 0 Å². The molecule has 2 aromatic carbocycles. The summed E-state index contributed by atoms with van der Waals surface area (Å²) < 4.78 is 5.12. The van der Waals surface area contributed by atoms with E-state index in [2.05, 4.69) is 5.32 Å². The molecule has 0 amide bonds. The van der Waals surface area contributed by atoms with Crippen molar-refractivity contribution in [2.75, 3.05) is 13.7 Å². The first-order valence-electron chi connectivity index (χ1n) is 6.40. The lowest BCUT2D eigenvalue weighted by atomic mass is 10.1. The Balaban J connectivity index is 1.86. The van der Waals surface area contributed by atoms with E-state index in [1.807, 2.05) is 30.3 Å². The second-order valence-electron chi connectivity index (χ2n) is 4.37. The van der Waals surface area contributed by atoms with Crippen molar-refractivity contribution in [2.24, 2.45) is 0 Å². The first-order chi connectivity index (χ1) is 9.70. The summed E-state index contributed by atoms with van der Waals surface area (Å²) in [5.74, 6) is 1.06. The smallest absolute Gasteiger partial charge is 0.125 e. The van der Waals surface area contributed by atoms with Crippen LogP contribution >= 0.6 is 12.2 Å². The number of nitrogens with one attached hydrogen (secondary N) is 1. The van der Waals surface area contributed by atoms with Crippen LogP contribution in [-0.2, 0) is 6.42 Å². The van der Waals surface area contributed by atoms with Gasteiger partial charge in [-0.3, -0.25) is 0 Å². The Morgan fingerprint density at radius 1 is 1.15 bits per heavy atom. The number of hydrogen-bond donors (Lipinski definition) is 2. The van der Waals surface area contributed by atoms with Gasteiger partial charge >= 0.3 is 0 Å². The molecule has 0 saturated carbocycles. The minimum absolute atomic E-state index is 0.203. The molecule has 2 N–H and O–H groups in total. The van der Waals surface area contributed by atoms with Gasteiger partial charge in [0.1, 0.15) is 16.5 Å². The molecule has 0 radical (unpaired) electrons. The molecular weight excluding hydrogens is 270 g/mol. The van der Waals surface area contributed by atoms with E-state index in [9.17, 15) is 5.11 Å². The zero-order valence-corrected chi connectivity index (χ0v) is 12.1. The maximum atomic E-state index is 9.71. The first-order valence-corrected chi connectivity index (χ1v) is 6.80. The Bertz CT molecular complexity index is 581. The fourth-order valence-corrected chi connectivity index (χ4v) is 2.15. The van der Waals surface area contributed by atoms with E-state index in [1.165, 1.54) is 5.56 Å². The number of ether oxygens (including phenoxy) is 1. The highest BCUT2D eigenvalue weighted by Gasteiger charge is 2.05. The van der Waals surface area contributed by atoms with Gasteiger partial charge in [-0.15, -0.1) is 0 Å². The number of para-hydroxylation sites is 1. The van der Waals surface area contributed by atoms with Crippen molar-refractivity contribution >= 4 is 17.2 Å². The highest BCUT2D eigenvalue weighted by molar-refractivity contribution is 7.80. The predicted octanol–water partition coefficient (Wildman–Crippen LogP) is 2.91. The number of rotatable bonds is 5. The van der Waals surface area contributed by atoms with Crippen LogP contribution in [0.5, 0.6) is 11.5 Å². The third kappa shape index (κ3) is 3.71. The zero-order chi connectivity index (χ0) is 14.4. The van der Waals surface area contributed by atoms with Crippen LogP contribution in [0.3, 0.4) is 0 Å². The molecule has 3 nitrogen and oxygen atoms in total. The van der Waals surface area contributed by atoms with E-state index in [-0.39, 0.29) is 5.75 Å². The third-order valence-electron chi connectivity index (χ3n) is 3.01. The largest absolute Gasteiger partial charge is 0.507 e. The third-order valence-corrected chi connectivity index (χ3v) is 3.37. The Kier molecular flexibility index (Phi) is 4.96. The van der Waals surface area contributed by atoms with Crippen molar-refractivity contribution in [2.45, 2.75) is 6.42 Å². The van der Waals surface area contributed by atoms with Gasteiger partial charge in [-0.05, 0) is 36.2 Å². The number of aromatic hydroxyl groups is 1. The Labute approximate surface area is 124 Å². The van der Waals surface area contributed by atoms with Gasteiger partial charge < -0.3 is 15.2 Å². The highest BCUT2D eigenvalue weighted by Crippen LogP contribution is 2.16. The summed E-state index contributed by atoms with van der Waals surface area (Å²) >= 11 is 5.27. The number of thiocarbonyl (C=S) groups is 1. The van der Waals surface area contributed by atoms with Crippen LogP contribution in [0.2, 0.25) is 0 Å². The molecule has 0 aromatic heterocycles. The molecule has 0 bridgehead atoms. The average Bonchev–Trinajstić information content (AvgIpc) is 2.48. The molecule has 0 spiro atoms. The van der Waals surface area contributed by atoms with Crippen LogP contribution in [0.1, 0.15) is 11.1 Å². The molecule has 0 unspecified atom stereocenters. The van der Waals surface area contributed by atoms with E-state index in [0.717, 1.165) is 18.7 Å². The van der Waals surface area contributed by atoms with Crippen molar-refractivity contribution in [1.29, 1.82) is 0 Å². The SMILES string of the molecule is COc1ccc(CCNC(=S)c2ccccc2O)cc1. The van der Waals surface area contributed by atoms with Gasteiger partial charge in [-0.25, -0.2) is 0 Å². The van der Waals surface area contributed by atoms with Gasteiger partial charge in [0.15, 0.2) is 0 Å². The van der Waals surface area contributed by atoms with Crippen molar-refractivity contribution < 1.29 is 9.84 Å². The van der Waals surface area contributed by atoms with Gasteiger partial charge in [-0.2, -0.15) is 0 Å². The van der Waals surface area contributed by atoms with E-state index < -0.39 is 0 Å². The summed E-state index contributed by atoms with van der Waals surface area (Å²) in [6.45, 7) is 0.722. The topological polar surface area (TPSA) is 41.5 Å². The van der Waals surface area contributed by atoms with E-state index in [4.69, 9.17) is 17.0 Å². The Morgan fingerprint density at radius 2 is 1.85 bits per heavy atom. The number of methoxy groups -OCH3 is 1. The predicted molar refractivity (Wildman–Crippen MR) is 84.5 cm³/mol. The average molecular weight is 287 g/mol. The molecule has 2 rings (SSSR count). The molecule has 0 aliphatic rings. The summed E-state index contributed by atoms with van der Waals surface area (Å²) in [5.41, 5.74) is 1.87. The number of phenolic OH excluding ortho intramolecular Hbond substituents is 1. The van der Waals surface area contributed by atoms with Crippen molar-refractivity contribution in [3.05, 3.63) is 59.7 Å². The van der Waals surface area contributed by atoms with Gasteiger partial charge in [0.05, 0.1) is 12.7 Å². The lowest BCUT2D eigenvalue weighted by Crippen LogP contribution is -2.24. The Morgan fingerprint density at radius 3 is 2.50 bits per heavy atom. The Hall–Kier alpha value is -2.07. The molecule has 0 fully saturated rings. The minimum atomic E-state index is 0.203. The monoisotopic (exact) mass is 287 g/mol. The van der Waals surface area contributed by atoms with Gasteiger partial charge in [0, 0.05) is 6.54 Å². The van der Waals surface area contributed by atoms with Gasteiger partial charge in [0.25, 0.3) is 0 Å². The molecule has 4 heteroatoms. The second kappa shape index (κ2) is 6.91. The molecule has 0 aliphatic heterocycles. The fourth-order valence-electron chi connectivity index (χ4n) is 1.87. The molecule has 0 saturated heterocycles. The molecule has 20 heavy (non-hydrogen) atoms. The number of hydrogen-bond acceptors (Lipinski definition) is 3. The van der Waals surface area contributed by atoms with Crippen molar-refractivity contribution in [3.8, 4) is 11.5 Å². The summed E-state index contributed by atoms with van der Waals surface area (Å²) in [4.78, 5) is 0.566. The van der Waals surface area contributed by atoms with E-state index >= 15 is 0 Å². The molecule has 0 atom stereocenters. The maximum Gasteiger partial charge on any atom is 0.125 e. The second-order valence-corrected chi connectivity index (χ2v) is 4.78. The first kappa shape index (κ1) is 14.3. The van der Waals surface area contributed by atoms with Crippen LogP contribution in [0, 0.1) is 0 Å². The normalized spacial score (nSPS) is 10.1. The highest BCUT2D eigenvalue weighted by atomic mass is 32.1. The number of benzene rings is 2. The van der Waals surface area contributed by atoms with E-state index in [0.29, 0.717) is 10.6 Å². The van der Waals surface area contributed by atoms with Crippen LogP contribution in [0.25, 0.3) is 0 Å². The summed E-state index contributed by atoms with van der Waals surface area (Å²) in [7, 11) is 1.65.